The predicted molar refractivity (Wildman–Crippen MR) is 87.5 cm³/mol. The third kappa shape index (κ3) is 2.86. The van der Waals surface area contributed by atoms with Gasteiger partial charge in [-0.25, -0.2) is 4.98 Å². The topological polar surface area (TPSA) is 46.9 Å². The zero-order valence-corrected chi connectivity index (χ0v) is 12.8. The number of imidazole rings is 1. The first-order chi connectivity index (χ1) is 10.6. The zero-order valence-electron chi connectivity index (χ0n) is 12.8. The molecule has 0 aliphatic heterocycles. The minimum Gasteiger partial charge on any atom is -0.348 e. The number of nitrogens with zero attached hydrogens (tertiary/aromatic N) is 2. The van der Waals surface area contributed by atoms with Crippen molar-refractivity contribution in [1.29, 1.82) is 0 Å². The highest BCUT2D eigenvalue weighted by Gasteiger charge is 2.13. The average molecular weight is 293 g/mol. The summed E-state index contributed by atoms with van der Waals surface area (Å²) in [7, 11) is 0. The van der Waals surface area contributed by atoms with E-state index in [1.807, 2.05) is 73.0 Å². The number of amides is 1. The maximum atomic E-state index is 12.3. The summed E-state index contributed by atoms with van der Waals surface area (Å²) in [4.78, 5) is 16.8. The van der Waals surface area contributed by atoms with Gasteiger partial charge in [-0.1, -0.05) is 42.5 Å². The molecule has 1 heterocycles. The Morgan fingerprint density at radius 1 is 1.14 bits per heavy atom. The van der Waals surface area contributed by atoms with Crippen molar-refractivity contribution >= 4 is 16.9 Å². The van der Waals surface area contributed by atoms with Crippen LogP contribution in [0.5, 0.6) is 0 Å². The standard InChI is InChI=1S/C18H19N3O/c1-13(15-8-4-3-5-9-15)19-18(22)12-21-14(2)20-16-10-6-7-11-17(16)21/h3-11,13H,12H2,1-2H3,(H,19,22). The molecule has 0 aliphatic rings. The molecule has 0 bridgehead atoms. The van der Waals surface area contributed by atoms with E-state index in [4.69, 9.17) is 0 Å². The molecule has 3 aromatic rings. The molecule has 1 N–H and O–H groups in total. The molecule has 1 unspecified atom stereocenters. The number of carbonyl (C=O) groups is 1. The molecule has 1 aromatic heterocycles. The van der Waals surface area contributed by atoms with Gasteiger partial charge < -0.3 is 9.88 Å². The molecule has 0 fully saturated rings. The monoisotopic (exact) mass is 293 g/mol. The van der Waals surface area contributed by atoms with Crippen molar-refractivity contribution in [3.8, 4) is 0 Å². The fraction of sp³-hybridized carbons (Fsp3) is 0.222. The predicted octanol–water partition coefficient (Wildman–Crippen LogP) is 3.22. The molecule has 22 heavy (non-hydrogen) atoms. The van der Waals surface area contributed by atoms with Gasteiger partial charge >= 0.3 is 0 Å². The van der Waals surface area contributed by atoms with Crippen LogP contribution < -0.4 is 5.32 Å². The lowest BCUT2D eigenvalue weighted by atomic mass is 10.1. The van der Waals surface area contributed by atoms with Crippen molar-refractivity contribution in [2.75, 3.05) is 0 Å². The minimum absolute atomic E-state index is 0.0104. The van der Waals surface area contributed by atoms with Crippen LogP contribution in [0.15, 0.2) is 54.6 Å². The Labute approximate surface area is 129 Å². The van der Waals surface area contributed by atoms with Gasteiger partial charge in [-0.2, -0.15) is 0 Å². The summed E-state index contributed by atoms with van der Waals surface area (Å²) < 4.78 is 1.95. The van der Waals surface area contributed by atoms with Crippen LogP contribution in [0.3, 0.4) is 0 Å². The minimum atomic E-state index is -0.0115. The van der Waals surface area contributed by atoms with Crippen LogP contribution >= 0.6 is 0 Å². The largest absolute Gasteiger partial charge is 0.348 e. The first-order valence-electron chi connectivity index (χ1n) is 7.41. The smallest absolute Gasteiger partial charge is 0.240 e. The van der Waals surface area contributed by atoms with Gasteiger partial charge in [0.05, 0.1) is 17.1 Å². The lowest BCUT2D eigenvalue weighted by Crippen LogP contribution is -2.30. The van der Waals surface area contributed by atoms with Crippen molar-refractivity contribution in [3.05, 3.63) is 66.0 Å². The number of para-hydroxylation sites is 2. The van der Waals surface area contributed by atoms with Crippen LogP contribution in [-0.4, -0.2) is 15.5 Å². The number of rotatable bonds is 4. The van der Waals surface area contributed by atoms with E-state index in [1.165, 1.54) is 0 Å². The van der Waals surface area contributed by atoms with E-state index >= 15 is 0 Å². The molecule has 0 radical (unpaired) electrons. The highest BCUT2D eigenvalue weighted by atomic mass is 16.2. The van der Waals surface area contributed by atoms with Gasteiger partial charge in [-0.15, -0.1) is 0 Å². The third-order valence-electron chi connectivity index (χ3n) is 3.82. The Bertz CT molecular complexity index is 792. The number of benzene rings is 2. The van der Waals surface area contributed by atoms with Crippen LogP contribution in [0, 0.1) is 6.92 Å². The number of fused-ring (bicyclic) bond motifs is 1. The molecule has 4 nitrogen and oxygen atoms in total. The Kier molecular flexibility index (Phi) is 3.92. The second kappa shape index (κ2) is 6.02. The van der Waals surface area contributed by atoms with Crippen molar-refractivity contribution < 1.29 is 4.79 Å². The first-order valence-corrected chi connectivity index (χ1v) is 7.41. The number of aromatic nitrogens is 2. The van der Waals surface area contributed by atoms with Crippen molar-refractivity contribution in [2.45, 2.75) is 26.4 Å². The van der Waals surface area contributed by atoms with Crippen LogP contribution in [-0.2, 0) is 11.3 Å². The number of aryl methyl sites for hydroxylation is 1. The van der Waals surface area contributed by atoms with E-state index in [9.17, 15) is 4.79 Å². The highest BCUT2D eigenvalue weighted by molar-refractivity contribution is 5.81. The van der Waals surface area contributed by atoms with Gasteiger partial charge in [-0.3, -0.25) is 4.79 Å². The van der Waals surface area contributed by atoms with Gasteiger partial charge in [0.2, 0.25) is 5.91 Å². The highest BCUT2D eigenvalue weighted by Crippen LogP contribution is 2.16. The first kappa shape index (κ1) is 14.3. The Morgan fingerprint density at radius 3 is 2.59 bits per heavy atom. The number of nitrogens with one attached hydrogen (secondary N) is 1. The fourth-order valence-corrected chi connectivity index (χ4v) is 2.65. The fourth-order valence-electron chi connectivity index (χ4n) is 2.65. The van der Waals surface area contributed by atoms with Crippen LogP contribution in [0.1, 0.15) is 24.4 Å². The quantitative estimate of drug-likeness (QED) is 0.803. The average Bonchev–Trinajstić information content (AvgIpc) is 2.84. The van der Waals surface area contributed by atoms with Gasteiger partial charge in [0.1, 0.15) is 12.4 Å². The molecule has 1 amide bonds. The number of carbonyl (C=O) groups excluding carboxylic acids is 1. The van der Waals surface area contributed by atoms with Crippen molar-refractivity contribution in [2.24, 2.45) is 0 Å². The van der Waals surface area contributed by atoms with E-state index < -0.39 is 0 Å². The van der Waals surface area contributed by atoms with E-state index in [0.29, 0.717) is 0 Å². The molecule has 0 spiro atoms. The van der Waals surface area contributed by atoms with Crippen LogP contribution in [0.4, 0.5) is 0 Å². The van der Waals surface area contributed by atoms with Gasteiger partial charge in [0.25, 0.3) is 0 Å². The molecular formula is C18H19N3O. The maximum Gasteiger partial charge on any atom is 0.240 e. The van der Waals surface area contributed by atoms with Gasteiger partial charge in [-0.05, 0) is 31.5 Å². The maximum absolute atomic E-state index is 12.3. The van der Waals surface area contributed by atoms with Crippen LogP contribution in [0.25, 0.3) is 11.0 Å². The lowest BCUT2D eigenvalue weighted by Gasteiger charge is -2.15. The second-order valence-electron chi connectivity index (χ2n) is 5.43. The lowest BCUT2D eigenvalue weighted by molar-refractivity contribution is -0.122. The third-order valence-corrected chi connectivity index (χ3v) is 3.82. The summed E-state index contributed by atoms with van der Waals surface area (Å²) in [5.41, 5.74) is 3.01. The summed E-state index contributed by atoms with van der Waals surface area (Å²) in [5, 5.41) is 3.04. The molecular weight excluding hydrogens is 274 g/mol. The normalized spacial score (nSPS) is 12.3. The van der Waals surface area contributed by atoms with Crippen molar-refractivity contribution in [3.63, 3.8) is 0 Å². The molecule has 0 saturated heterocycles. The van der Waals surface area contributed by atoms with Gasteiger partial charge in [0, 0.05) is 0 Å². The van der Waals surface area contributed by atoms with Crippen LogP contribution in [0.2, 0.25) is 0 Å². The number of hydrogen-bond donors (Lipinski definition) is 1. The summed E-state index contributed by atoms with van der Waals surface area (Å²) in [6.07, 6.45) is 0. The Hall–Kier alpha value is -2.62. The summed E-state index contributed by atoms with van der Waals surface area (Å²) in [5.74, 6) is 0.839. The zero-order chi connectivity index (χ0) is 15.5. The molecule has 0 aliphatic carbocycles. The van der Waals surface area contributed by atoms with E-state index in [-0.39, 0.29) is 18.5 Å². The Balaban J connectivity index is 1.75. The second-order valence-corrected chi connectivity index (χ2v) is 5.43. The molecule has 112 valence electrons. The number of hydrogen-bond acceptors (Lipinski definition) is 2. The summed E-state index contributed by atoms with van der Waals surface area (Å²) in [6.45, 7) is 4.20. The molecule has 2 aromatic carbocycles. The van der Waals surface area contributed by atoms with E-state index in [0.717, 1.165) is 22.4 Å². The molecule has 4 heteroatoms. The van der Waals surface area contributed by atoms with Crippen molar-refractivity contribution in [1.82, 2.24) is 14.9 Å². The summed E-state index contributed by atoms with van der Waals surface area (Å²) >= 11 is 0. The van der Waals surface area contributed by atoms with Gasteiger partial charge in [0.15, 0.2) is 0 Å². The molecule has 0 saturated carbocycles. The van der Waals surface area contributed by atoms with E-state index in [1.54, 1.807) is 0 Å². The molecule has 3 rings (SSSR count). The molecule has 1 atom stereocenters. The summed E-state index contributed by atoms with van der Waals surface area (Å²) in [6, 6.07) is 17.8. The Morgan fingerprint density at radius 2 is 1.82 bits per heavy atom. The van der Waals surface area contributed by atoms with E-state index in [2.05, 4.69) is 10.3 Å². The SMILES string of the molecule is Cc1nc2ccccc2n1CC(=O)NC(C)c1ccccc1.